The lowest BCUT2D eigenvalue weighted by molar-refractivity contribution is -0.0722. The monoisotopic (exact) mass is 113 g/mol. The van der Waals surface area contributed by atoms with Crippen LogP contribution >= 0.6 is 0 Å². The maximum Gasteiger partial charge on any atom is 0.170 e. The first kappa shape index (κ1) is 5.54. The summed E-state index contributed by atoms with van der Waals surface area (Å²) in [6, 6.07) is 1.94. The van der Waals surface area contributed by atoms with E-state index in [1.54, 1.807) is 0 Å². The summed E-state index contributed by atoms with van der Waals surface area (Å²) < 4.78 is 4.69. The minimum absolute atomic E-state index is 0.296. The van der Waals surface area contributed by atoms with Crippen LogP contribution in [0.5, 0.6) is 0 Å². The van der Waals surface area contributed by atoms with E-state index in [1.165, 1.54) is 0 Å². The molecule has 0 aromatic rings. The Morgan fingerprint density at radius 1 is 1.75 bits per heavy atom. The SMILES string of the molecule is N#CC1CCOC1O. The molecule has 1 heterocycles. The predicted molar refractivity (Wildman–Crippen MR) is 25.7 cm³/mol. The van der Waals surface area contributed by atoms with E-state index in [0.29, 0.717) is 13.0 Å². The van der Waals surface area contributed by atoms with Gasteiger partial charge in [0.05, 0.1) is 18.6 Å². The molecule has 3 nitrogen and oxygen atoms in total. The first-order valence-corrected chi connectivity index (χ1v) is 2.54. The van der Waals surface area contributed by atoms with Gasteiger partial charge in [0.2, 0.25) is 0 Å². The first-order chi connectivity index (χ1) is 3.84. The van der Waals surface area contributed by atoms with Gasteiger partial charge in [0, 0.05) is 0 Å². The molecule has 1 aliphatic rings. The van der Waals surface area contributed by atoms with Gasteiger partial charge in [0.25, 0.3) is 0 Å². The Labute approximate surface area is 47.5 Å². The molecule has 0 aromatic heterocycles. The standard InChI is InChI=1S/C5H7NO2/c6-3-4-1-2-8-5(4)7/h4-5,7H,1-2H2. The van der Waals surface area contributed by atoms with Crippen LogP contribution in [-0.4, -0.2) is 18.0 Å². The third-order valence-electron chi connectivity index (χ3n) is 1.23. The molecule has 2 atom stereocenters. The fourth-order valence-electron chi connectivity index (χ4n) is 0.703. The minimum atomic E-state index is -0.833. The smallest absolute Gasteiger partial charge is 0.170 e. The van der Waals surface area contributed by atoms with Gasteiger partial charge < -0.3 is 9.84 Å². The number of rotatable bonds is 0. The van der Waals surface area contributed by atoms with Gasteiger partial charge >= 0.3 is 0 Å². The fourth-order valence-corrected chi connectivity index (χ4v) is 0.703. The molecular weight excluding hydrogens is 106 g/mol. The summed E-state index contributed by atoms with van der Waals surface area (Å²) >= 11 is 0. The zero-order chi connectivity index (χ0) is 5.98. The number of nitriles is 1. The molecule has 0 spiro atoms. The van der Waals surface area contributed by atoms with Crippen LogP contribution in [0.3, 0.4) is 0 Å². The van der Waals surface area contributed by atoms with Crippen LogP contribution in [-0.2, 0) is 4.74 Å². The van der Waals surface area contributed by atoms with Crippen molar-refractivity contribution in [3.63, 3.8) is 0 Å². The largest absolute Gasteiger partial charge is 0.367 e. The molecule has 3 heteroatoms. The van der Waals surface area contributed by atoms with Gasteiger partial charge in [-0.25, -0.2) is 0 Å². The number of aliphatic hydroxyl groups is 1. The molecule has 0 saturated carbocycles. The maximum absolute atomic E-state index is 8.74. The Hall–Kier alpha value is -0.590. The summed E-state index contributed by atoms with van der Waals surface area (Å²) in [6.07, 6.45) is -0.169. The highest BCUT2D eigenvalue weighted by Gasteiger charge is 2.25. The number of ether oxygens (including phenoxy) is 1. The fraction of sp³-hybridized carbons (Fsp3) is 0.800. The van der Waals surface area contributed by atoms with Crippen molar-refractivity contribution in [2.45, 2.75) is 12.7 Å². The van der Waals surface area contributed by atoms with Crippen molar-refractivity contribution in [2.75, 3.05) is 6.61 Å². The Morgan fingerprint density at radius 2 is 2.50 bits per heavy atom. The van der Waals surface area contributed by atoms with Crippen molar-refractivity contribution in [1.82, 2.24) is 0 Å². The second-order valence-corrected chi connectivity index (χ2v) is 1.79. The molecule has 0 aromatic carbocycles. The average molecular weight is 113 g/mol. The van der Waals surface area contributed by atoms with Gasteiger partial charge in [0.1, 0.15) is 0 Å². The average Bonchev–Trinajstić information content (AvgIpc) is 2.14. The van der Waals surface area contributed by atoms with Gasteiger partial charge in [0.15, 0.2) is 6.29 Å². The number of hydrogen-bond acceptors (Lipinski definition) is 3. The molecule has 0 aliphatic carbocycles. The van der Waals surface area contributed by atoms with Crippen LogP contribution in [0.4, 0.5) is 0 Å². The number of aliphatic hydroxyl groups excluding tert-OH is 1. The quantitative estimate of drug-likeness (QED) is 0.476. The minimum Gasteiger partial charge on any atom is -0.367 e. The molecule has 1 aliphatic heterocycles. The molecule has 1 rings (SSSR count). The molecule has 1 fully saturated rings. The van der Waals surface area contributed by atoms with Crippen LogP contribution in [0.25, 0.3) is 0 Å². The Bertz CT molecular complexity index is 118. The predicted octanol–water partition coefficient (Wildman–Crippen LogP) is -0.135. The maximum atomic E-state index is 8.74. The summed E-state index contributed by atoms with van der Waals surface area (Å²) in [6.45, 7) is 0.513. The van der Waals surface area contributed by atoms with E-state index in [4.69, 9.17) is 10.4 Å². The number of hydrogen-bond donors (Lipinski definition) is 1. The van der Waals surface area contributed by atoms with Crippen LogP contribution < -0.4 is 0 Å². The highest BCUT2D eigenvalue weighted by Crippen LogP contribution is 2.16. The zero-order valence-corrected chi connectivity index (χ0v) is 4.37. The van der Waals surface area contributed by atoms with Gasteiger partial charge in [-0.3, -0.25) is 0 Å². The highest BCUT2D eigenvalue weighted by molar-refractivity contribution is 4.87. The lowest BCUT2D eigenvalue weighted by Crippen LogP contribution is -2.11. The summed E-state index contributed by atoms with van der Waals surface area (Å²) in [5.41, 5.74) is 0. The van der Waals surface area contributed by atoms with Crippen LogP contribution in [0.15, 0.2) is 0 Å². The van der Waals surface area contributed by atoms with E-state index in [9.17, 15) is 0 Å². The molecule has 8 heavy (non-hydrogen) atoms. The molecule has 44 valence electrons. The Balaban J connectivity index is 2.45. The van der Waals surface area contributed by atoms with Crippen molar-refractivity contribution in [3.05, 3.63) is 0 Å². The Kier molecular flexibility index (Phi) is 1.47. The second-order valence-electron chi connectivity index (χ2n) is 1.79. The van der Waals surface area contributed by atoms with E-state index in [1.807, 2.05) is 6.07 Å². The highest BCUT2D eigenvalue weighted by atomic mass is 16.6. The molecule has 1 saturated heterocycles. The van der Waals surface area contributed by atoms with Gasteiger partial charge in [-0.15, -0.1) is 0 Å². The summed E-state index contributed by atoms with van der Waals surface area (Å²) in [5, 5.41) is 17.0. The van der Waals surface area contributed by atoms with Gasteiger partial charge in [-0.2, -0.15) is 5.26 Å². The molecule has 1 N–H and O–H groups in total. The summed E-state index contributed by atoms with van der Waals surface area (Å²) in [4.78, 5) is 0. The second kappa shape index (κ2) is 2.12. The lowest BCUT2D eigenvalue weighted by Gasteiger charge is -2.00. The van der Waals surface area contributed by atoms with Crippen molar-refractivity contribution < 1.29 is 9.84 Å². The van der Waals surface area contributed by atoms with Crippen molar-refractivity contribution >= 4 is 0 Å². The van der Waals surface area contributed by atoms with E-state index in [0.717, 1.165) is 0 Å². The molecule has 0 bridgehead atoms. The van der Waals surface area contributed by atoms with Crippen molar-refractivity contribution in [1.29, 1.82) is 5.26 Å². The molecule has 0 amide bonds. The zero-order valence-electron chi connectivity index (χ0n) is 4.37. The van der Waals surface area contributed by atoms with Crippen LogP contribution in [0.2, 0.25) is 0 Å². The van der Waals surface area contributed by atoms with E-state index < -0.39 is 6.29 Å². The van der Waals surface area contributed by atoms with Gasteiger partial charge in [-0.1, -0.05) is 0 Å². The molecule has 0 radical (unpaired) electrons. The van der Waals surface area contributed by atoms with Crippen molar-refractivity contribution in [3.8, 4) is 6.07 Å². The lowest BCUT2D eigenvalue weighted by atomic mass is 10.1. The van der Waals surface area contributed by atoms with Crippen LogP contribution in [0.1, 0.15) is 6.42 Å². The third-order valence-corrected chi connectivity index (χ3v) is 1.23. The topological polar surface area (TPSA) is 53.2 Å². The number of nitrogens with zero attached hydrogens (tertiary/aromatic N) is 1. The van der Waals surface area contributed by atoms with Crippen molar-refractivity contribution in [2.24, 2.45) is 5.92 Å². The normalized spacial score (nSPS) is 37.0. The first-order valence-electron chi connectivity index (χ1n) is 2.54. The molecular formula is C5H7NO2. The van der Waals surface area contributed by atoms with Crippen LogP contribution in [0, 0.1) is 17.2 Å². The Morgan fingerprint density at radius 3 is 2.75 bits per heavy atom. The summed E-state index contributed by atoms with van der Waals surface area (Å²) in [5.74, 6) is -0.296. The molecule has 2 unspecified atom stereocenters. The summed E-state index contributed by atoms with van der Waals surface area (Å²) in [7, 11) is 0. The van der Waals surface area contributed by atoms with E-state index in [2.05, 4.69) is 4.74 Å². The van der Waals surface area contributed by atoms with E-state index in [-0.39, 0.29) is 5.92 Å². The van der Waals surface area contributed by atoms with Gasteiger partial charge in [-0.05, 0) is 6.42 Å². The third kappa shape index (κ3) is 0.808. The van der Waals surface area contributed by atoms with E-state index >= 15 is 0 Å².